The molecule has 1 amide bonds. The van der Waals surface area contributed by atoms with Gasteiger partial charge in [0.2, 0.25) is 5.91 Å². The molecule has 0 heterocycles. The molecule has 5 heteroatoms. The standard InChI is InChI=1S/C13H24N2O3/c1-3-13(2,12(17)18)14-9-11(16)15-10-7-5-4-6-8-10/h10,14H,3-9H2,1-2H3,(H,15,16)(H,17,18). The van der Waals surface area contributed by atoms with Gasteiger partial charge in [-0.1, -0.05) is 26.2 Å². The van der Waals surface area contributed by atoms with Crippen molar-refractivity contribution in [1.82, 2.24) is 10.6 Å². The van der Waals surface area contributed by atoms with Crippen molar-refractivity contribution in [1.29, 1.82) is 0 Å². The lowest BCUT2D eigenvalue weighted by molar-refractivity contribution is -0.144. The number of carboxylic acids is 1. The fourth-order valence-electron chi connectivity index (χ4n) is 2.15. The average molecular weight is 256 g/mol. The first-order chi connectivity index (χ1) is 8.48. The van der Waals surface area contributed by atoms with Gasteiger partial charge in [0.15, 0.2) is 0 Å². The highest BCUT2D eigenvalue weighted by atomic mass is 16.4. The van der Waals surface area contributed by atoms with Gasteiger partial charge in [-0.2, -0.15) is 0 Å². The van der Waals surface area contributed by atoms with Gasteiger partial charge in [-0.25, -0.2) is 0 Å². The van der Waals surface area contributed by atoms with Crippen molar-refractivity contribution in [3.05, 3.63) is 0 Å². The van der Waals surface area contributed by atoms with Crippen molar-refractivity contribution in [3.8, 4) is 0 Å². The number of rotatable bonds is 6. The first-order valence-electron chi connectivity index (χ1n) is 6.75. The third-order valence-corrected chi connectivity index (χ3v) is 3.79. The maximum absolute atomic E-state index is 11.7. The van der Waals surface area contributed by atoms with Crippen LogP contribution in [0.3, 0.4) is 0 Å². The zero-order valence-electron chi connectivity index (χ0n) is 11.3. The zero-order valence-corrected chi connectivity index (χ0v) is 11.3. The molecule has 1 atom stereocenters. The van der Waals surface area contributed by atoms with Gasteiger partial charge in [-0.05, 0) is 26.2 Å². The number of aliphatic carboxylic acids is 1. The van der Waals surface area contributed by atoms with Crippen LogP contribution in [0.2, 0.25) is 0 Å². The normalized spacial score (nSPS) is 20.1. The minimum absolute atomic E-state index is 0.0626. The maximum Gasteiger partial charge on any atom is 0.323 e. The van der Waals surface area contributed by atoms with Crippen LogP contribution in [0.25, 0.3) is 0 Å². The summed E-state index contributed by atoms with van der Waals surface area (Å²) in [5.41, 5.74) is -1.02. The SMILES string of the molecule is CCC(C)(NCC(=O)NC1CCCCC1)C(=O)O. The van der Waals surface area contributed by atoms with Crippen LogP contribution in [-0.2, 0) is 9.59 Å². The summed E-state index contributed by atoms with van der Waals surface area (Å²) in [6.07, 6.45) is 6.10. The molecule has 0 aliphatic heterocycles. The Bertz CT molecular complexity index is 301. The average Bonchev–Trinajstić information content (AvgIpc) is 2.37. The van der Waals surface area contributed by atoms with Crippen molar-refractivity contribution in [2.75, 3.05) is 6.54 Å². The summed E-state index contributed by atoms with van der Waals surface area (Å²) in [6, 6.07) is 0.269. The monoisotopic (exact) mass is 256 g/mol. The molecule has 18 heavy (non-hydrogen) atoms. The fourth-order valence-corrected chi connectivity index (χ4v) is 2.15. The molecule has 1 aliphatic rings. The summed E-state index contributed by atoms with van der Waals surface area (Å²) in [4.78, 5) is 22.8. The van der Waals surface area contributed by atoms with Crippen molar-refractivity contribution in [2.45, 2.75) is 64.0 Å². The van der Waals surface area contributed by atoms with E-state index in [1.807, 2.05) is 0 Å². The fraction of sp³-hybridized carbons (Fsp3) is 0.846. The lowest BCUT2D eigenvalue weighted by Gasteiger charge is -2.26. The quantitative estimate of drug-likeness (QED) is 0.669. The first kappa shape index (κ1) is 15.0. The van der Waals surface area contributed by atoms with E-state index in [9.17, 15) is 9.59 Å². The smallest absolute Gasteiger partial charge is 0.323 e. The summed E-state index contributed by atoms with van der Waals surface area (Å²) >= 11 is 0. The number of hydrogen-bond donors (Lipinski definition) is 3. The van der Waals surface area contributed by atoms with Gasteiger partial charge in [0.25, 0.3) is 0 Å². The van der Waals surface area contributed by atoms with Crippen molar-refractivity contribution in [3.63, 3.8) is 0 Å². The molecule has 0 spiro atoms. The second-order valence-electron chi connectivity index (χ2n) is 5.25. The second-order valence-corrected chi connectivity index (χ2v) is 5.25. The molecule has 0 radical (unpaired) electrons. The van der Waals surface area contributed by atoms with E-state index in [2.05, 4.69) is 10.6 Å². The number of carboxylic acid groups (broad SMARTS) is 1. The summed E-state index contributed by atoms with van der Waals surface area (Å²) < 4.78 is 0. The first-order valence-corrected chi connectivity index (χ1v) is 6.75. The highest BCUT2D eigenvalue weighted by molar-refractivity contribution is 5.82. The minimum atomic E-state index is -1.02. The van der Waals surface area contributed by atoms with E-state index in [-0.39, 0.29) is 18.5 Å². The van der Waals surface area contributed by atoms with Crippen LogP contribution in [0.4, 0.5) is 0 Å². The minimum Gasteiger partial charge on any atom is -0.480 e. The van der Waals surface area contributed by atoms with Crippen LogP contribution >= 0.6 is 0 Å². The maximum atomic E-state index is 11.7. The zero-order chi connectivity index (χ0) is 13.6. The molecule has 0 saturated heterocycles. The largest absolute Gasteiger partial charge is 0.480 e. The van der Waals surface area contributed by atoms with Crippen molar-refractivity contribution < 1.29 is 14.7 Å². The second kappa shape index (κ2) is 6.73. The predicted octanol–water partition coefficient (Wildman–Crippen LogP) is 1.28. The number of carbonyl (C=O) groups excluding carboxylic acids is 1. The summed E-state index contributed by atoms with van der Waals surface area (Å²) in [5, 5.41) is 14.9. The molecule has 0 aromatic heterocycles. The Morgan fingerprint density at radius 1 is 1.28 bits per heavy atom. The van der Waals surface area contributed by atoms with Gasteiger partial charge >= 0.3 is 5.97 Å². The van der Waals surface area contributed by atoms with E-state index in [0.717, 1.165) is 12.8 Å². The van der Waals surface area contributed by atoms with E-state index in [4.69, 9.17) is 5.11 Å². The van der Waals surface area contributed by atoms with Crippen LogP contribution in [0.1, 0.15) is 52.4 Å². The Morgan fingerprint density at radius 2 is 1.89 bits per heavy atom. The lowest BCUT2D eigenvalue weighted by Crippen LogP contribution is -2.53. The van der Waals surface area contributed by atoms with Gasteiger partial charge < -0.3 is 10.4 Å². The molecule has 0 bridgehead atoms. The van der Waals surface area contributed by atoms with Crippen molar-refractivity contribution in [2.24, 2.45) is 0 Å². The van der Waals surface area contributed by atoms with Crippen LogP contribution in [-0.4, -0.2) is 35.1 Å². The number of nitrogens with one attached hydrogen (secondary N) is 2. The molecular weight excluding hydrogens is 232 g/mol. The van der Waals surface area contributed by atoms with Crippen LogP contribution in [0.15, 0.2) is 0 Å². The third kappa shape index (κ3) is 4.29. The summed E-state index contributed by atoms with van der Waals surface area (Å²) in [7, 11) is 0. The Kier molecular flexibility index (Phi) is 5.59. The van der Waals surface area contributed by atoms with Crippen molar-refractivity contribution >= 4 is 11.9 Å². The Balaban J connectivity index is 2.33. The molecule has 1 unspecified atom stereocenters. The topological polar surface area (TPSA) is 78.4 Å². The molecule has 1 fully saturated rings. The van der Waals surface area contributed by atoms with Crippen LogP contribution in [0, 0.1) is 0 Å². The number of amides is 1. The molecule has 1 saturated carbocycles. The molecule has 104 valence electrons. The van der Waals surface area contributed by atoms with Gasteiger partial charge in [-0.3, -0.25) is 14.9 Å². The molecule has 1 aliphatic carbocycles. The summed E-state index contributed by atoms with van der Waals surface area (Å²) in [5.74, 6) is -1.03. The number of carbonyl (C=O) groups is 2. The predicted molar refractivity (Wildman–Crippen MR) is 69.4 cm³/mol. The van der Waals surface area contributed by atoms with Gasteiger partial charge in [0, 0.05) is 6.04 Å². The van der Waals surface area contributed by atoms with Gasteiger partial charge in [0.05, 0.1) is 6.54 Å². The molecule has 0 aromatic rings. The molecule has 1 rings (SSSR count). The van der Waals surface area contributed by atoms with Crippen LogP contribution < -0.4 is 10.6 Å². The lowest BCUT2D eigenvalue weighted by atomic mass is 9.95. The number of hydrogen-bond acceptors (Lipinski definition) is 3. The van der Waals surface area contributed by atoms with E-state index in [0.29, 0.717) is 6.42 Å². The van der Waals surface area contributed by atoms with Gasteiger partial charge in [-0.15, -0.1) is 0 Å². The van der Waals surface area contributed by atoms with E-state index >= 15 is 0 Å². The molecular formula is C13H24N2O3. The highest BCUT2D eigenvalue weighted by Crippen LogP contribution is 2.17. The van der Waals surface area contributed by atoms with E-state index in [1.165, 1.54) is 19.3 Å². The highest BCUT2D eigenvalue weighted by Gasteiger charge is 2.31. The van der Waals surface area contributed by atoms with Gasteiger partial charge in [0.1, 0.15) is 5.54 Å². The third-order valence-electron chi connectivity index (χ3n) is 3.79. The van der Waals surface area contributed by atoms with E-state index in [1.54, 1.807) is 13.8 Å². The van der Waals surface area contributed by atoms with Crippen LogP contribution in [0.5, 0.6) is 0 Å². The summed E-state index contributed by atoms with van der Waals surface area (Å²) in [6.45, 7) is 3.45. The molecule has 0 aromatic carbocycles. The Morgan fingerprint density at radius 3 is 2.39 bits per heavy atom. The molecule has 3 N–H and O–H groups in total. The molecule has 5 nitrogen and oxygen atoms in total. The van der Waals surface area contributed by atoms with E-state index < -0.39 is 11.5 Å². The Hall–Kier alpha value is -1.10. The Labute approximate surface area is 108 Å².